The Kier molecular flexibility index (Phi) is 5.66. The van der Waals surface area contributed by atoms with E-state index in [0.717, 1.165) is 28.2 Å². The number of hydrogen-bond acceptors (Lipinski definition) is 4. The van der Waals surface area contributed by atoms with Gasteiger partial charge in [-0.1, -0.05) is 30.3 Å². The van der Waals surface area contributed by atoms with Crippen molar-refractivity contribution >= 4 is 29.3 Å². The van der Waals surface area contributed by atoms with Gasteiger partial charge in [0.1, 0.15) is 0 Å². The lowest BCUT2D eigenvalue weighted by atomic mass is 10.2. The number of esters is 1. The minimum atomic E-state index is -0.510. The van der Waals surface area contributed by atoms with Crippen molar-refractivity contribution in [2.75, 3.05) is 6.61 Å². The maximum atomic E-state index is 11.7. The molecule has 0 unspecified atom stereocenters. The second kappa shape index (κ2) is 8.12. The van der Waals surface area contributed by atoms with Gasteiger partial charge in [-0.05, 0) is 49.5 Å². The number of nitrogens with one attached hydrogen (secondary N) is 1. The molecule has 25 heavy (non-hydrogen) atoms. The van der Waals surface area contributed by atoms with E-state index in [-0.39, 0.29) is 18.6 Å². The van der Waals surface area contributed by atoms with Crippen LogP contribution in [0.5, 0.6) is 0 Å². The van der Waals surface area contributed by atoms with Crippen LogP contribution in [0.2, 0.25) is 0 Å². The number of thiophene rings is 1. The summed E-state index contributed by atoms with van der Waals surface area (Å²) in [6, 6.07) is 14.2. The van der Waals surface area contributed by atoms with Gasteiger partial charge in [0.25, 0.3) is 5.91 Å². The largest absolute Gasteiger partial charge is 0.452 e. The topological polar surface area (TPSA) is 55.4 Å². The van der Waals surface area contributed by atoms with Crippen LogP contribution >= 0.6 is 11.3 Å². The Morgan fingerprint density at radius 3 is 2.72 bits per heavy atom. The van der Waals surface area contributed by atoms with Crippen molar-refractivity contribution in [2.45, 2.75) is 25.8 Å². The first kappa shape index (κ1) is 17.4. The molecule has 1 aromatic heterocycles. The number of carbonyl (C=O) groups excluding carboxylic acids is 2. The van der Waals surface area contributed by atoms with E-state index < -0.39 is 5.97 Å². The molecule has 0 aliphatic heterocycles. The smallest absolute Gasteiger partial charge is 0.331 e. The lowest BCUT2D eigenvalue weighted by Gasteiger charge is -2.12. The Balaban J connectivity index is 1.46. The van der Waals surface area contributed by atoms with E-state index in [1.807, 2.05) is 37.3 Å². The molecule has 0 spiro atoms. The maximum Gasteiger partial charge on any atom is 0.331 e. The zero-order valence-electron chi connectivity index (χ0n) is 14.1. The molecule has 1 fully saturated rings. The highest BCUT2D eigenvalue weighted by Gasteiger charge is 2.28. The van der Waals surface area contributed by atoms with E-state index >= 15 is 0 Å². The van der Waals surface area contributed by atoms with Crippen LogP contribution in [-0.2, 0) is 14.3 Å². The summed E-state index contributed by atoms with van der Waals surface area (Å²) in [5, 5.41) is 2.85. The Morgan fingerprint density at radius 2 is 2.00 bits per heavy atom. The highest BCUT2D eigenvalue weighted by atomic mass is 32.1. The third-order valence-corrected chi connectivity index (χ3v) is 5.23. The maximum absolute atomic E-state index is 11.7. The first-order valence-corrected chi connectivity index (χ1v) is 9.23. The predicted molar refractivity (Wildman–Crippen MR) is 100 cm³/mol. The predicted octanol–water partition coefficient (Wildman–Crippen LogP) is 3.89. The quantitative estimate of drug-likeness (QED) is 0.606. The molecular weight excluding hydrogens is 334 g/mol. The summed E-state index contributed by atoms with van der Waals surface area (Å²) in [5.74, 6) is -0.176. The van der Waals surface area contributed by atoms with E-state index in [9.17, 15) is 9.59 Å². The molecule has 2 aromatic rings. The van der Waals surface area contributed by atoms with Crippen LogP contribution in [0.1, 0.15) is 24.6 Å². The van der Waals surface area contributed by atoms with Crippen LogP contribution in [0.15, 0.2) is 48.5 Å². The fraction of sp³-hybridized carbons (Fsp3) is 0.300. The lowest BCUT2D eigenvalue weighted by Crippen LogP contribution is -2.36. The van der Waals surface area contributed by atoms with Gasteiger partial charge in [-0.2, -0.15) is 0 Å². The molecule has 1 saturated carbocycles. The molecule has 3 rings (SSSR count). The van der Waals surface area contributed by atoms with Crippen LogP contribution in [-0.4, -0.2) is 24.5 Å². The molecule has 130 valence electrons. The minimum Gasteiger partial charge on any atom is -0.452 e. The average molecular weight is 355 g/mol. The molecule has 1 N–H and O–H groups in total. The number of hydrogen-bond donors (Lipinski definition) is 1. The summed E-state index contributed by atoms with van der Waals surface area (Å²) in [7, 11) is 0. The van der Waals surface area contributed by atoms with Crippen molar-refractivity contribution in [2.24, 2.45) is 5.92 Å². The number of carbonyl (C=O) groups is 2. The van der Waals surface area contributed by atoms with Gasteiger partial charge in [-0.15, -0.1) is 11.3 Å². The number of rotatable bonds is 7. The highest BCUT2D eigenvalue weighted by molar-refractivity contribution is 7.16. The molecule has 1 amide bonds. The molecule has 1 atom stereocenters. The molecule has 5 heteroatoms. The zero-order chi connectivity index (χ0) is 17.6. The van der Waals surface area contributed by atoms with Gasteiger partial charge in [0.15, 0.2) is 6.61 Å². The van der Waals surface area contributed by atoms with Crippen molar-refractivity contribution in [1.82, 2.24) is 5.32 Å². The van der Waals surface area contributed by atoms with Gasteiger partial charge in [0.2, 0.25) is 0 Å². The monoisotopic (exact) mass is 355 g/mol. The van der Waals surface area contributed by atoms with E-state index in [0.29, 0.717) is 5.92 Å². The van der Waals surface area contributed by atoms with Crippen LogP contribution in [0.4, 0.5) is 0 Å². The average Bonchev–Trinajstić information content (AvgIpc) is 3.37. The Bertz CT molecular complexity index is 762. The normalized spacial score (nSPS) is 15.1. The van der Waals surface area contributed by atoms with Crippen molar-refractivity contribution in [3.8, 4) is 10.4 Å². The standard InChI is InChI=1S/C20H21NO3S/c1-14(15-7-8-15)21-19(22)13-24-20(23)12-10-17-9-11-18(25-17)16-5-3-2-4-6-16/h2-6,9-12,14-15H,7-8,13H2,1H3,(H,21,22)/b12-10+/t14-/m0/s1. The van der Waals surface area contributed by atoms with Crippen LogP contribution < -0.4 is 5.32 Å². The molecule has 1 aromatic carbocycles. The Hall–Kier alpha value is -2.40. The highest BCUT2D eigenvalue weighted by Crippen LogP contribution is 2.32. The van der Waals surface area contributed by atoms with Crippen molar-refractivity contribution in [3.63, 3.8) is 0 Å². The lowest BCUT2D eigenvalue weighted by molar-refractivity contribution is -0.144. The second-order valence-corrected chi connectivity index (χ2v) is 7.32. The molecule has 1 heterocycles. The first-order chi connectivity index (χ1) is 12.1. The second-order valence-electron chi connectivity index (χ2n) is 6.20. The first-order valence-electron chi connectivity index (χ1n) is 8.41. The van der Waals surface area contributed by atoms with Gasteiger partial charge in [-0.3, -0.25) is 4.79 Å². The summed E-state index contributed by atoms with van der Waals surface area (Å²) in [6.07, 6.45) is 5.40. The molecule has 1 aliphatic rings. The van der Waals surface area contributed by atoms with Crippen LogP contribution in [0.25, 0.3) is 16.5 Å². The minimum absolute atomic E-state index is 0.157. The summed E-state index contributed by atoms with van der Waals surface area (Å²) < 4.78 is 4.98. The van der Waals surface area contributed by atoms with E-state index in [1.165, 1.54) is 6.08 Å². The van der Waals surface area contributed by atoms with Gasteiger partial charge in [-0.25, -0.2) is 4.79 Å². The van der Waals surface area contributed by atoms with Gasteiger partial charge in [0, 0.05) is 21.9 Å². The third kappa shape index (κ3) is 5.29. The molecule has 4 nitrogen and oxygen atoms in total. The summed E-state index contributed by atoms with van der Waals surface area (Å²) in [6.45, 7) is 1.75. The van der Waals surface area contributed by atoms with Gasteiger partial charge < -0.3 is 10.1 Å². The molecular formula is C20H21NO3S. The number of benzene rings is 1. The molecule has 0 radical (unpaired) electrons. The van der Waals surface area contributed by atoms with E-state index in [1.54, 1.807) is 17.4 Å². The van der Waals surface area contributed by atoms with Crippen LogP contribution in [0, 0.1) is 5.92 Å². The van der Waals surface area contributed by atoms with Crippen molar-refractivity contribution < 1.29 is 14.3 Å². The molecule has 0 bridgehead atoms. The van der Waals surface area contributed by atoms with E-state index in [2.05, 4.69) is 17.4 Å². The molecule has 0 saturated heterocycles. The van der Waals surface area contributed by atoms with Crippen molar-refractivity contribution in [1.29, 1.82) is 0 Å². The van der Waals surface area contributed by atoms with Crippen LogP contribution in [0.3, 0.4) is 0 Å². The Labute approximate surface area is 151 Å². The van der Waals surface area contributed by atoms with Crippen molar-refractivity contribution in [3.05, 3.63) is 53.4 Å². The number of amides is 1. The third-order valence-electron chi connectivity index (χ3n) is 4.13. The summed E-state index contributed by atoms with van der Waals surface area (Å²) in [5.41, 5.74) is 1.15. The summed E-state index contributed by atoms with van der Waals surface area (Å²) in [4.78, 5) is 25.6. The fourth-order valence-electron chi connectivity index (χ4n) is 2.54. The SMILES string of the molecule is C[C@H](NC(=O)COC(=O)/C=C/c1ccc(-c2ccccc2)s1)C1CC1. The zero-order valence-corrected chi connectivity index (χ0v) is 14.9. The van der Waals surface area contributed by atoms with Gasteiger partial charge in [0.05, 0.1) is 0 Å². The molecule has 1 aliphatic carbocycles. The van der Waals surface area contributed by atoms with Gasteiger partial charge >= 0.3 is 5.97 Å². The summed E-state index contributed by atoms with van der Waals surface area (Å²) >= 11 is 1.60. The Morgan fingerprint density at radius 1 is 1.24 bits per heavy atom. The number of ether oxygens (including phenoxy) is 1. The fourth-order valence-corrected chi connectivity index (χ4v) is 3.46. The van der Waals surface area contributed by atoms with E-state index in [4.69, 9.17) is 4.74 Å².